The van der Waals surface area contributed by atoms with Gasteiger partial charge in [0.25, 0.3) is 10.0 Å². The van der Waals surface area contributed by atoms with Crippen molar-refractivity contribution in [2.45, 2.75) is 5.03 Å². The summed E-state index contributed by atoms with van der Waals surface area (Å²) in [4.78, 5) is 3.79. The molecule has 1 rings (SSSR count). The first-order valence-electron chi connectivity index (χ1n) is 3.49. The van der Waals surface area contributed by atoms with Crippen LogP contribution >= 0.6 is 15.9 Å². The van der Waals surface area contributed by atoms with Gasteiger partial charge in [0, 0.05) is 20.3 Å². The molecule has 0 aliphatic heterocycles. The van der Waals surface area contributed by atoms with Gasteiger partial charge in [0.15, 0.2) is 5.03 Å². The Labute approximate surface area is 85.8 Å². The third-order valence-corrected chi connectivity index (χ3v) is 4.13. The van der Waals surface area contributed by atoms with Gasteiger partial charge in [0.05, 0.1) is 4.47 Å². The topological polar surface area (TPSA) is 50.3 Å². The highest BCUT2D eigenvalue weighted by molar-refractivity contribution is 9.10. The molecule has 0 unspecified atom stereocenters. The molecular weight excluding hydrogens is 256 g/mol. The van der Waals surface area contributed by atoms with E-state index in [4.69, 9.17) is 0 Å². The van der Waals surface area contributed by atoms with Crippen molar-refractivity contribution >= 4 is 26.0 Å². The molecule has 72 valence electrons. The zero-order valence-electron chi connectivity index (χ0n) is 7.23. The Bertz CT molecular complexity index is 403. The fourth-order valence-corrected chi connectivity index (χ4v) is 2.46. The number of hydrogen-bond acceptors (Lipinski definition) is 3. The molecule has 1 heterocycles. The summed E-state index contributed by atoms with van der Waals surface area (Å²) in [6.07, 6.45) is 1.45. The van der Waals surface area contributed by atoms with Gasteiger partial charge in [-0.2, -0.15) is 0 Å². The van der Waals surface area contributed by atoms with Crippen molar-refractivity contribution in [3.8, 4) is 0 Å². The van der Waals surface area contributed by atoms with Crippen LogP contribution in [0.3, 0.4) is 0 Å². The Hall–Kier alpha value is -0.460. The summed E-state index contributed by atoms with van der Waals surface area (Å²) in [5.74, 6) is 0. The lowest BCUT2D eigenvalue weighted by Gasteiger charge is -2.10. The fraction of sp³-hybridized carbons (Fsp3) is 0.286. The third-order valence-electron chi connectivity index (χ3n) is 1.45. The molecule has 0 aliphatic rings. The van der Waals surface area contributed by atoms with Crippen LogP contribution in [0.1, 0.15) is 0 Å². The second-order valence-corrected chi connectivity index (χ2v) is 5.50. The number of rotatable bonds is 2. The number of sulfonamides is 1. The molecule has 0 bridgehead atoms. The van der Waals surface area contributed by atoms with E-state index in [1.54, 1.807) is 12.1 Å². The smallest absolute Gasteiger partial charge is 0.242 e. The van der Waals surface area contributed by atoms with Crippen LogP contribution in [0.5, 0.6) is 0 Å². The second-order valence-electron chi connectivity index (χ2n) is 2.58. The number of hydrogen-bond donors (Lipinski definition) is 0. The summed E-state index contributed by atoms with van der Waals surface area (Å²) in [5.41, 5.74) is 0. The van der Waals surface area contributed by atoms with Gasteiger partial charge in [0.1, 0.15) is 0 Å². The standard InChI is InChI=1S/C7H9BrN2O2S/c1-10(2)13(11,12)7-6(8)4-3-5-9-7/h3-5H,1-2H3. The molecule has 0 saturated carbocycles. The maximum atomic E-state index is 11.6. The van der Waals surface area contributed by atoms with Gasteiger partial charge >= 0.3 is 0 Å². The van der Waals surface area contributed by atoms with Crippen LogP contribution in [-0.2, 0) is 10.0 Å². The molecule has 1 aromatic heterocycles. The molecular formula is C7H9BrN2O2S. The van der Waals surface area contributed by atoms with Gasteiger partial charge in [-0.15, -0.1) is 0 Å². The summed E-state index contributed by atoms with van der Waals surface area (Å²) < 4.78 is 24.8. The third kappa shape index (κ3) is 2.07. The molecule has 0 atom stereocenters. The Kier molecular flexibility index (Phi) is 3.05. The monoisotopic (exact) mass is 264 g/mol. The van der Waals surface area contributed by atoms with Crippen molar-refractivity contribution in [2.24, 2.45) is 0 Å². The molecule has 0 fully saturated rings. The second kappa shape index (κ2) is 3.73. The van der Waals surface area contributed by atoms with E-state index in [9.17, 15) is 8.42 Å². The molecule has 0 amide bonds. The predicted molar refractivity (Wildman–Crippen MR) is 52.8 cm³/mol. The Balaban J connectivity index is 3.32. The van der Waals surface area contributed by atoms with Crippen molar-refractivity contribution in [2.75, 3.05) is 14.1 Å². The molecule has 0 radical (unpaired) electrons. The van der Waals surface area contributed by atoms with Crippen LogP contribution in [-0.4, -0.2) is 31.8 Å². The van der Waals surface area contributed by atoms with Gasteiger partial charge in [-0.05, 0) is 28.1 Å². The molecule has 0 aliphatic carbocycles. The van der Waals surface area contributed by atoms with Crippen LogP contribution < -0.4 is 0 Å². The van der Waals surface area contributed by atoms with E-state index in [1.807, 2.05) is 0 Å². The summed E-state index contributed by atoms with van der Waals surface area (Å²) in [7, 11) is -0.495. The minimum Gasteiger partial charge on any atom is -0.242 e. The van der Waals surface area contributed by atoms with Crippen molar-refractivity contribution < 1.29 is 8.42 Å². The van der Waals surface area contributed by atoms with Crippen molar-refractivity contribution in [3.63, 3.8) is 0 Å². The fourth-order valence-electron chi connectivity index (χ4n) is 0.734. The molecule has 4 nitrogen and oxygen atoms in total. The zero-order valence-corrected chi connectivity index (χ0v) is 9.63. The number of halogens is 1. The molecule has 1 aromatic rings. The lowest BCUT2D eigenvalue weighted by molar-refractivity contribution is 0.516. The molecule has 0 saturated heterocycles. The lowest BCUT2D eigenvalue weighted by atomic mass is 10.5. The minimum atomic E-state index is -3.43. The van der Waals surface area contributed by atoms with Gasteiger partial charge in [-0.1, -0.05) is 0 Å². The molecule has 6 heteroatoms. The first-order valence-corrected chi connectivity index (χ1v) is 5.72. The average Bonchev–Trinajstić information content (AvgIpc) is 2.04. The Morgan fingerprint density at radius 3 is 2.54 bits per heavy atom. The van der Waals surface area contributed by atoms with Gasteiger partial charge in [-0.25, -0.2) is 17.7 Å². The largest absolute Gasteiger partial charge is 0.261 e. The number of nitrogens with zero attached hydrogens (tertiary/aromatic N) is 2. The van der Waals surface area contributed by atoms with E-state index >= 15 is 0 Å². The van der Waals surface area contributed by atoms with Crippen molar-refractivity contribution in [1.29, 1.82) is 0 Å². The van der Waals surface area contributed by atoms with Crippen molar-refractivity contribution in [3.05, 3.63) is 22.8 Å². The van der Waals surface area contributed by atoms with Crippen LogP contribution in [0.15, 0.2) is 27.8 Å². The normalized spacial score (nSPS) is 12.0. The number of aromatic nitrogens is 1. The molecule has 0 aromatic carbocycles. The van der Waals surface area contributed by atoms with Crippen LogP contribution in [0.4, 0.5) is 0 Å². The minimum absolute atomic E-state index is 0.0417. The maximum Gasteiger partial charge on any atom is 0.261 e. The van der Waals surface area contributed by atoms with E-state index in [1.165, 1.54) is 20.3 Å². The highest BCUT2D eigenvalue weighted by Gasteiger charge is 2.21. The van der Waals surface area contributed by atoms with Gasteiger partial charge in [0.2, 0.25) is 0 Å². The quantitative estimate of drug-likeness (QED) is 0.804. The number of pyridine rings is 1. The van der Waals surface area contributed by atoms with Crippen molar-refractivity contribution in [1.82, 2.24) is 9.29 Å². The van der Waals surface area contributed by atoms with Crippen LogP contribution in [0.2, 0.25) is 0 Å². The van der Waals surface area contributed by atoms with E-state index in [2.05, 4.69) is 20.9 Å². The van der Waals surface area contributed by atoms with Crippen LogP contribution in [0.25, 0.3) is 0 Å². The summed E-state index contributed by atoms with van der Waals surface area (Å²) in [5, 5.41) is 0.0417. The summed E-state index contributed by atoms with van der Waals surface area (Å²) in [6.45, 7) is 0. The predicted octanol–water partition coefficient (Wildman–Crippen LogP) is 1.09. The summed E-state index contributed by atoms with van der Waals surface area (Å²) >= 11 is 3.13. The Morgan fingerprint density at radius 2 is 2.08 bits per heavy atom. The molecule has 0 N–H and O–H groups in total. The first-order chi connectivity index (χ1) is 5.96. The molecule has 13 heavy (non-hydrogen) atoms. The first kappa shape index (κ1) is 10.6. The zero-order chi connectivity index (χ0) is 10.1. The molecule has 0 spiro atoms. The SMILES string of the molecule is CN(C)S(=O)(=O)c1ncccc1Br. The maximum absolute atomic E-state index is 11.6. The van der Waals surface area contributed by atoms with E-state index < -0.39 is 10.0 Å². The highest BCUT2D eigenvalue weighted by Crippen LogP contribution is 2.20. The van der Waals surface area contributed by atoms with E-state index in [0.717, 1.165) is 4.31 Å². The lowest BCUT2D eigenvalue weighted by Crippen LogP contribution is -2.23. The van der Waals surface area contributed by atoms with Gasteiger partial charge < -0.3 is 0 Å². The van der Waals surface area contributed by atoms with Gasteiger partial charge in [-0.3, -0.25) is 0 Å². The van der Waals surface area contributed by atoms with E-state index in [-0.39, 0.29) is 5.03 Å². The highest BCUT2D eigenvalue weighted by atomic mass is 79.9. The van der Waals surface area contributed by atoms with E-state index in [0.29, 0.717) is 4.47 Å². The summed E-state index contributed by atoms with van der Waals surface area (Å²) in [6, 6.07) is 3.31. The Morgan fingerprint density at radius 1 is 1.46 bits per heavy atom. The van der Waals surface area contributed by atoms with Crippen LogP contribution in [0, 0.1) is 0 Å². The average molecular weight is 265 g/mol.